The van der Waals surface area contributed by atoms with Crippen LogP contribution >= 0.6 is 15.9 Å². The van der Waals surface area contributed by atoms with Gasteiger partial charge in [0.25, 0.3) is 0 Å². The molecule has 0 aliphatic carbocycles. The van der Waals surface area contributed by atoms with Crippen molar-refractivity contribution in [3.8, 4) is 11.8 Å². The van der Waals surface area contributed by atoms with Crippen LogP contribution in [0.5, 0.6) is 11.8 Å². The van der Waals surface area contributed by atoms with Crippen molar-refractivity contribution in [1.82, 2.24) is 9.97 Å². The number of hydrogen-bond donors (Lipinski definition) is 0. The van der Waals surface area contributed by atoms with E-state index in [9.17, 15) is 0 Å². The average Bonchev–Trinajstić information content (AvgIpc) is 2.24. The van der Waals surface area contributed by atoms with Gasteiger partial charge in [0.2, 0.25) is 0 Å². The Bertz CT molecular complexity index is 514. The number of aromatic nitrogens is 2. The Balaban J connectivity index is 2.24. The number of rotatable bonds is 2. The third-order valence-electron chi connectivity index (χ3n) is 2.11. The fraction of sp³-hybridized carbons (Fsp3) is 0.167. The van der Waals surface area contributed by atoms with Crippen molar-refractivity contribution in [3.63, 3.8) is 0 Å². The van der Waals surface area contributed by atoms with Crippen LogP contribution in [0.3, 0.4) is 0 Å². The Morgan fingerprint density at radius 1 is 1.19 bits per heavy atom. The molecule has 0 unspecified atom stereocenters. The van der Waals surface area contributed by atoms with Crippen molar-refractivity contribution in [2.45, 2.75) is 13.8 Å². The quantitative estimate of drug-likeness (QED) is 0.841. The second kappa shape index (κ2) is 4.61. The van der Waals surface area contributed by atoms with E-state index in [-0.39, 0.29) is 0 Å². The van der Waals surface area contributed by atoms with Crippen LogP contribution in [0.2, 0.25) is 0 Å². The zero-order valence-electron chi connectivity index (χ0n) is 9.07. The first-order chi connectivity index (χ1) is 7.65. The summed E-state index contributed by atoms with van der Waals surface area (Å²) in [5.41, 5.74) is 2.00. The number of ether oxygens (including phenoxy) is 1. The molecule has 0 saturated carbocycles. The lowest BCUT2D eigenvalue weighted by molar-refractivity contribution is 0.440. The molecule has 3 nitrogen and oxygen atoms in total. The molecule has 1 aromatic carbocycles. The van der Waals surface area contributed by atoms with Gasteiger partial charge in [-0.15, -0.1) is 0 Å². The summed E-state index contributed by atoms with van der Waals surface area (Å²) in [7, 11) is 0. The van der Waals surface area contributed by atoms with Crippen LogP contribution in [0.1, 0.15) is 11.3 Å². The SMILES string of the molecule is Cc1ccnc(Oc2ccc(Br)c(C)c2)n1. The fourth-order valence-electron chi connectivity index (χ4n) is 1.26. The largest absolute Gasteiger partial charge is 0.424 e. The number of benzene rings is 1. The number of hydrogen-bond acceptors (Lipinski definition) is 3. The van der Waals surface area contributed by atoms with Gasteiger partial charge in [-0.3, -0.25) is 0 Å². The topological polar surface area (TPSA) is 35.0 Å². The Morgan fingerprint density at radius 3 is 2.69 bits per heavy atom. The van der Waals surface area contributed by atoms with E-state index < -0.39 is 0 Å². The van der Waals surface area contributed by atoms with Crippen LogP contribution in [-0.2, 0) is 0 Å². The predicted octanol–water partition coefficient (Wildman–Crippen LogP) is 3.65. The molecule has 0 amide bonds. The van der Waals surface area contributed by atoms with Crippen molar-refractivity contribution < 1.29 is 4.74 Å². The van der Waals surface area contributed by atoms with Gasteiger partial charge in [0, 0.05) is 16.4 Å². The summed E-state index contributed by atoms with van der Waals surface area (Å²) in [5.74, 6) is 0.742. The molecule has 0 atom stereocenters. The maximum atomic E-state index is 5.55. The van der Waals surface area contributed by atoms with E-state index in [0.29, 0.717) is 6.01 Å². The first-order valence-corrected chi connectivity index (χ1v) is 5.68. The summed E-state index contributed by atoms with van der Waals surface area (Å²) in [6.45, 7) is 3.91. The molecule has 0 aliphatic heterocycles. The van der Waals surface area contributed by atoms with Gasteiger partial charge >= 0.3 is 6.01 Å². The van der Waals surface area contributed by atoms with E-state index in [4.69, 9.17) is 4.74 Å². The first-order valence-electron chi connectivity index (χ1n) is 4.89. The average molecular weight is 279 g/mol. The molecule has 4 heteroatoms. The van der Waals surface area contributed by atoms with Crippen molar-refractivity contribution in [1.29, 1.82) is 0 Å². The van der Waals surface area contributed by atoms with E-state index in [1.165, 1.54) is 0 Å². The van der Waals surface area contributed by atoms with Crippen molar-refractivity contribution in [2.24, 2.45) is 0 Å². The van der Waals surface area contributed by atoms with Crippen LogP contribution in [0.15, 0.2) is 34.9 Å². The minimum absolute atomic E-state index is 0.377. The standard InChI is InChI=1S/C12H11BrN2O/c1-8-7-10(3-4-11(8)13)16-12-14-6-5-9(2)15-12/h3-7H,1-2H3. The zero-order valence-corrected chi connectivity index (χ0v) is 10.7. The minimum Gasteiger partial charge on any atom is -0.424 e. The first kappa shape index (κ1) is 11.1. The predicted molar refractivity (Wildman–Crippen MR) is 65.7 cm³/mol. The highest BCUT2D eigenvalue weighted by Gasteiger charge is 2.02. The molecule has 0 N–H and O–H groups in total. The van der Waals surface area contributed by atoms with Crippen LogP contribution in [-0.4, -0.2) is 9.97 Å². The maximum absolute atomic E-state index is 5.55. The fourth-order valence-corrected chi connectivity index (χ4v) is 1.51. The van der Waals surface area contributed by atoms with Gasteiger partial charge in [0.1, 0.15) is 5.75 Å². The molecular formula is C12H11BrN2O. The number of nitrogens with zero attached hydrogens (tertiary/aromatic N) is 2. The summed E-state index contributed by atoms with van der Waals surface area (Å²) in [6, 6.07) is 7.97. The van der Waals surface area contributed by atoms with E-state index in [1.54, 1.807) is 6.20 Å². The second-order valence-electron chi connectivity index (χ2n) is 3.49. The molecule has 0 fully saturated rings. The van der Waals surface area contributed by atoms with Crippen LogP contribution in [0.25, 0.3) is 0 Å². The van der Waals surface area contributed by atoms with Gasteiger partial charge in [0.05, 0.1) is 0 Å². The summed E-state index contributed by atoms with van der Waals surface area (Å²) in [6.07, 6.45) is 1.68. The minimum atomic E-state index is 0.377. The molecule has 1 heterocycles. The Morgan fingerprint density at radius 2 is 2.00 bits per heavy atom. The van der Waals surface area contributed by atoms with Gasteiger partial charge in [-0.2, -0.15) is 0 Å². The molecule has 0 aliphatic rings. The highest BCUT2D eigenvalue weighted by atomic mass is 79.9. The molecular weight excluding hydrogens is 268 g/mol. The molecule has 0 radical (unpaired) electrons. The highest BCUT2D eigenvalue weighted by Crippen LogP contribution is 2.24. The zero-order chi connectivity index (χ0) is 11.5. The lowest BCUT2D eigenvalue weighted by Crippen LogP contribution is -1.93. The third-order valence-corrected chi connectivity index (χ3v) is 3.00. The lowest BCUT2D eigenvalue weighted by Gasteiger charge is -2.05. The number of halogens is 1. The second-order valence-corrected chi connectivity index (χ2v) is 4.35. The molecule has 0 spiro atoms. The van der Waals surface area contributed by atoms with Crippen LogP contribution < -0.4 is 4.74 Å². The molecule has 1 aromatic heterocycles. The van der Waals surface area contributed by atoms with Gasteiger partial charge in [-0.25, -0.2) is 9.97 Å². The van der Waals surface area contributed by atoms with E-state index in [2.05, 4.69) is 25.9 Å². The Hall–Kier alpha value is -1.42. The van der Waals surface area contributed by atoms with Crippen LogP contribution in [0, 0.1) is 13.8 Å². The van der Waals surface area contributed by atoms with Gasteiger partial charge < -0.3 is 4.74 Å². The monoisotopic (exact) mass is 278 g/mol. The smallest absolute Gasteiger partial charge is 0.322 e. The molecule has 2 rings (SSSR count). The van der Waals surface area contributed by atoms with Gasteiger partial charge in [0.15, 0.2) is 0 Å². The highest BCUT2D eigenvalue weighted by molar-refractivity contribution is 9.10. The van der Waals surface area contributed by atoms with E-state index in [0.717, 1.165) is 21.5 Å². The van der Waals surface area contributed by atoms with Crippen LogP contribution in [0.4, 0.5) is 0 Å². The van der Waals surface area contributed by atoms with Gasteiger partial charge in [-0.1, -0.05) is 15.9 Å². The summed E-state index contributed by atoms with van der Waals surface area (Å²) in [4.78, 5) is 8.22. The summed E-state index contributed by atoms with van der Waals surface area (Å²) >= 11 is 3.44. The summed E-state index contributed by atoms with van der Waals surface area (Å²) in [5, 5.41) is 0. The molecule has 16 heavy (non-hydrogen) atoms. The van der Waals surface area contributed by atoms with Crippen molar-refractivity contribution in [3.05, 3.63) is 46.2 Å². The van der Waals surface area contributed by atoms with Crippen molar-refractivity contribution >= 4 is 15.9 Å². The third kappa shape index (κ3) is 2.58. The molecule has 2 aromatic rings. The molecule has 0 saturated heterocycles. The summed E-state index contributed by atoms with van der Waals surface area (Å²) < 4.78 is 6.61. The van der Waals surface area contributed by atoms with E-state index >= 15 is 0 Å². The van der Waals surface area contributed by atoms with Gasteiger partial charge in [-0.05, 0) is 43.7 Å². The van der Waals surface area contributed by atoms with E-state index in [1.807, 2.05) is 38.1 Å². The normalized spacial score (nSPS) is 10.2. The Labute approximate surface area is 103 Å². The molecule has 0 bridgehead atoms. The van der Waals surface area contributed by atoms with Crippen molar-refractivity contribution in [2.75, 3.05) is 0 Å². The lowest BCUT2D eigenvalue weighted by atomic mass is 10.2. The number of aryl methyl sites for hydroxylation is 2. The Kier molecular flexibility index (Phi) is 3.19. The maximum Gasteiger partial charge on any atom is 0.322 e. The molecule has 82 valence electrons.